The molecule has 7 heteroatoms. The number of aryl methyl sites for hydroxylation is 1. The first-order valence-corrected chi connectivity index (χ1v) is 11.7. The molecule has 28 heavy (non-hydrogen) atoms. The normalized spacial score (nSPS) is 17.5. The maximum Gasteiger partial charge on any atom is 0.244 e. The minimum atomic E-state index is -3.68. The molecule has 3 rings (SSSR count). The molecule has 0 spiro atoms. The fourth-order valence-corrected chi connectivity index (χ4v) is 5.23. The van der Waals surface area contributed by atoms with Crippen LogP contribution in [0, 0.1) is 0 Å². The minimum absolute atomic E-state index is 0.104. The summed E-state index contributed by atoms with van der Waals surface area (Å²) in [6, 6.07) is 13.7. The molecular formula is C21H25ClN2O3S. The van der Waals surface area contributed by atoms with Crippen molar-refractivity contribution >= 4 is 33.2 Å². The third kappa shape index (κ3) is 4.50. The Bertz CT molecular complexity index is 962. The fraction of sp³-hybridized carbons (Fsp3) is 0.381. The zero-order valence-electron chi connectivity index (χ0n) is 16.1. The lowest BCUT2D eigenvalue weighted by Gasteiger charge is -2.33. The van der Waals surface area contributed by atoms with E-state index in [1.165, 1.54) is 9.87 Å². The van der Waals surface area contributed by atoms with E-state index in [1.54, 1.807) is 24.3 Å². The molecule has 0 bridgehead atoms. The molecule has 0 saturated carbocycles. The number of amides is 1. The number of carbonyl (C=O) groups is 1. The van der Waals surface area contributed by atoms with Crippen molar-refractivity contribution in [1.29, 1.82) is 0 Å². The molecule has 0 unspecified atom stereocenters. The number of benzene rings is 2. The molecule has 0 aromatic heterocycles. The first-order valence-electron chi connectivity index (χ1n) is 9.44. The monoisotopic (exact) mass is 420 g/mol. The Morgan fingerprint density at radius 2 is 2.00 bits per heavy atom. The van der Waals surface area contributed by atoms with Crippen molar-refractivity contribution in [2.75, 3.05) is 10.6 Å². The lowest BCUT2D eigenvalue weighted by molar-refractivity contribution is -0.123. The molecule has 2 atom stereocenters. The van der Waals surface area contributed by atoms with Crippen LogP contribution in [0.1, 0.15) is 43.4 Å². The molecule has 5 nitrogen and oxygen atoms in total. The summed E-state index contributed by atoms with van der Waals surface area (Å²) in [6.07, 6.45) is 4.29. The maximum atomic E-state index is 13.1. The molecule has 1 N–H and O–H groups in total. The van der Waals surface area contributed by atoms with E-state index in [9.17, 15) is 13.2 Å². The van der Waals surface area contributed by atoms with Crippen LogP contribution >= 0.6 is 11.6 Å². The number of hydrogen-bond acceptors (Lipinski definition) is 3. The van der Waals surface area contributed by atoms with Crippen molar-refractivity contribution in [2.24, 2.45) is 0 Å². The van der Waals surface area contributed by atoms with Crippen LogP contribution in [0.2, 0.25) is 5.02 Å². The third-order valence-corrected chi connectivity index (χ3v) is 6.49. The van der Waals surface area contributed by atoms with E-state index in [1.807, 2.05) is 25.1 Å². The largest absolute Gasteiger partial charge is 0.347 e. The van der Waals surface area contributed by atoms with Crippen LogP contribution in [-0.2, 0) is 21.2 Å². The van der Waals surface area contributed by atoms with Gasteiger partial charge in [0.1, 0.15) is 6.04 Å². The summed E-state index contributed by atoms with van der Waals surface area (Å²) < 4.78 is 26.3. The zero-order valence-corrected chi connectivity index (χ0v) is 17.6. The van der Waals surface area contributed by atoms with Crippen LogP contribution < -0.4 is 9.62 Å². The number of rotatable bonds is 6. The molecule has 150 valence electrons. The Morgan fingerprint density at radius 1 is 1.25 bits per heavy atom. The number of nitrogens with zero attached hydrogens (tertiary/aromatic N) is 1. The van der Waals surface area contributed by atoms with E-state index >= 15 is 0 Å². The van der Waals surface area contributed by atoms with Gasteiger partial charge in [-0.2, -0.15) is 0 Å². The quantitative estimate of drug-likeness (QED) is 0.765. The number of fused-ring (bicyclic) bond motifs is 1. The van der Waals surface area contributed by atoms with Gasteiger partial charge in [-0.1, -0.05) is 48.9 Å². The molecule has 0 heterocycles. The highest BCUT2D eigenvalue weighted by molar-refractivity contribution is 7.92. The summed E-state index contributed by atoms with van der Waals surface area (Å²) in [5, 5.41) is 3.50. The average molecular weight is 421 g/mol. The Labute approximate surface area is 171 Å². The van der Waals surface area contributed by atoms with Gasteiger partial charge in [0.25, 0.3) is 0 Å². The highest BCUT2D eigenvalue weighted by Gasteiger charge is 2.33. The van der Waals surface area contributed by atoms with Crippen molar-refractivity contribution in [3.63, 3.8) is 0 Å². The average Bonchev–Trinajstić information content (AvgIpc) is 2.65. The first-order chi connectivity index (χ1) is 13.3. The fourth-order valence-electron chi connectivity index (χ4n) is 3.85. The van der Waals surface area contributed by atoms with Crippen molar-refractivity contribution in [3.8, 4) is 0 Å². The van der Waals surface area contributed by atoms with Gasteiger partial charge in [0, 0.05) is 5.02 Å². The summed E-state index contributed by atoms with van der Waals surface area (Å²) >= 11 is 6.06. The zero-order chi connectivity index (χ0) is 20.3. The second kappa shape index (κ2) is 8.53. The van der Waals surface area contributed by atoms with Gasteiger partial charge in [-0.05, 0) is 55.0 Å². The number of hydrogen-bond donors (Lipinski definition) is 1. The van der Waals surface area contributed by atoms with Crippen molar-refractivity contribution < 1.29 is 13.2 Å². The number of sulfonamides is 1. The van der Waals surface area contributed by atoms with E-state index in [-0.39, 0.29) is 11.9 Å². The minimum Gasteiger partial charge on any atom is -0.347 e. The topological polar surface area (TPSA) is 66.5 Å². The van der Waals surface area contributed by atoms with Gasteiger partial charge in [0.05, 0.1) is 18.0 Å². The van der Waals surface area contributed by atoms with Gasteiger partial charge in [-0.25, -0.2) is 8.42 Å². The van der Waals surface area contributed by atoms with Crippen LogP contribution in [0.4, 0.5) is 5.69 Å². The lowest BCUT2D eigenvalue weighted by atomic mass is 9.87. The van der Waals surface area contributed by atoms with E-state index in [2.05, 4.69) is 11.4 Å². The van der Waals surface area contributed by atoms with Gasteiger partial charge in [0.2, 0.25) is 15.9 Å². The SMILES string of the molecule is CC[C@@H](C(=O)N[C@@H]1CCCc2ccccc21)N(c1cccc(Cl)c1)S(C)(=O)=O. The molecule has 1 aliphatic carbocycles. The molecule has 1 amide bonds. The van der Waals surface area contributed by atoms with E-state index < -0.39 is 16.1 Å². The van der Waals surface area contributed by atoms with E-state index in [0.29, 0.717) is 17.1 Å². The highest BCUT2D eigenvalue weighted by atomic mass is 35.5. The number of carbonyl (C=O) groups excluding carboxylic acids is 1. The van der Waals surface area contributed by atoms with Crippen molar-refractivity contribution in [3.05, 3.63) is 64.7 Å². The first kappa shape index (κ1) is 20.7. The predicted octanol–water partition coefficient (Wildman–Crippen LogP) is 4.08. The number of halogens is 1. The Morgan fingerprint density at radius 3 is 2.68 bits per heavy atom. The van der Waals surface area contributed by atoms with E-state index in [0.717, 1.165) is 31.1 Å². The molecular weight excluding hydrogens is 396 g/mol. The summed E-state index contributed by atoms with van der Waals surface area (Å²) in [5.74, 6) is -0.297. The van der Waals surface area contributed by atoms with Crippen LogP contribution in [0.25, 0.3) is 0 Å². The number of anilines is 1. The summed E-state index contributed by atoms with van der Waals surface area (Å²) in [7, 11) is -3.68. The second-order valence-electron chi connectivity index (χ2n) is 7.11. The van der Waals surface area contributed by atoms with Crippen LogP contribution in [0.15, 0.2) is 48.5 Å². The lowest BCUT2D eigenvalue weighted by Crippen LogP contribution is -2.50. The van der Waals surface area contributed by atoms with Crippen molar-refractivity contribution in [2.45, 2.75) is 44.7 Å². The van der Waals surface area contributed by atoms with Crippen LogP contribution in [0.3, 0.4) is 0 Å². The Balaban J connectivity index is 1.90. The van der Waals surface area contributed by atoms with Gasteiger partial charge >= 0.3 is 0 Å². The third-order valence-electron chi connectivity index (χ3n) is 5.08. The van der Waals surface area contributed by atoms with Crippen LogP contribution in [0.5, 0.6) is 0 Å². The molecule has 0 fully saturated rings. The standard InChI is InChI=1S/C21H25ClN2O3S/c1-3-20(24(28(2,26)27)17-11-7-10-16(22)14-17)21(25)23-19-13-6-9-15-8-4-5-12-18(15)19/h4-5,7-8,10-12,14,19-20H,3,6,9,13H2,1-2H3,(H,23,25)/t19-,20+/m1/s1. The summed E-state index contributed by atoms with van der Waals surface area (Å²) in [5.41, 5.74) is 2.74. The molecule has 2 aromatic rings. The molecule has 2 aromatic carbocycles. The van der Waals surface area contributed by atoms with Crippen molar-refractivity contribution in [1.82, 2.24) is 5.32 Å². The van der Waals surface area contributed by atoms with Gasteiger partial charge in [-0.15, -0.1) is 0 Å². The molecule has 0 aliphatic heterocycles. The summed E-state index contributed by atoms with van der Waals surface area (Å²) in [6.45, 7) is 1.81. The molecule has 0 saturated heterocycles. The number of nitrogens with one attached hydrogen (secondary N) is 1. The van der Waals surface area contributed by atoms with Gasteiger partial charge in [-0.3, -0.25) is 9.10 Å². The predicted molar refractivity (Wildman–Crippen MR) is 113 cm³/mol. The smallest absolute Gasteiger partial charge is 0.244 e. The second-order valence-corrected chi connectivity index (χ2v) is 9.41. The maximum absolute atomic E-state index is 13.1. The Kier molecular flexibility index (Phi) is 6.30. The summed E-state index contributed by atoms with van der Waals surface area (Å²) in [4.78, 5) is 13.1. The van der Waals surface area contributed by atoms with Gasteiger partial charge < -0.3 is 5.32 Å². The highest BCUT2D eigenvalue weighted by Crippen LogP contribution is 2.30. The van der Waals surface area contributed by atoms with E-state index in [4.69, 9.17) is 11.6 Å². The van der Waals surface area contributed by atoms with Crippen LogP contribution in [-0.4, -0.2) is 26.6 Å². The molecule has 0 radical (unpaired) electrons. The Hall–Kier alpha value is -2.05. The van der Waals surface area contributed by atoms with Gasteiger partial charge in [0.15, 0.2) is 0 Å². The molecule has 1 aliphatic rings.